The normalized spacial score (nSPS) is 18.3. The molecule has 0 bridgehead atoms. The number of nitrogens with two attached hydrogens (primary N) is 1. The molecule has 19 heavy (non-hydrogen) atoms. The molecular formula is C13H16ClN3O2. The number of hydrogen-bond acceptors (Lipinski definition) is 3. The molecule has 0 unspecified atom stereocenters. The van der Waals surface area contributed by atoms with Crippen molar-refractivity contribution in [3.05, 3.63) is 34.9 Å². The second-order valence-corrected chi connectivity index (χ2v) is 5.12. The topological polar surface area (TPSA) is 87.7 Å². The van der Waals surface area contributed by atoms with E-state index in [4.69, 9.17) is 22.5 Å². The van der Waals surface area contributed by atoms with E-state index < -0.39 is 5.54 Å². The second-order valence-electron chi connectivity index (χ2n) is 4.71. The molecule has 0 heterocycles. The van der Waals surface area contributed by atoms with Crippen molar-refractivity contribution < 1.29 is 10.0 Å². The van der Waals surface area contributed by atoms with Crippen LogP contribution >= 0.6 is 11.6 Å². The Kier molecular flexibility index (Phi) is 3.95. The van der Waals surface area contributed by atoms with Gasteiger partial charge in [-0.3, -0.25) is 4.79 Å². The van der Waals surface area contributed by atoms with Crippen molar-refractivity contribution >= 4 is 23.3 Å². The number of oxime groups is 1. The zero-order valence-corrected chi connectivity index (χ0v) is 11.2. The highest BCUT2D eigenvalue weighted by molar-refractivity contribution is 6.33. The average molecular weight is 282 g/mol. The number of nitrogens with one attached hydrogen (secondary N) is 1. The lowest BCUT2D eigenvalue weighted by atomic mass is 9.95. The van der Waals surface area contributed by atoms with Crippen LogP contribution in [0.4, 0.5) is 0 Å². The molecule has 1 fully saturated rings. The minimum absolute atomic E-state index is 0.0467. The smallest absolute Gasteiger partial charge is 0.253 e. The highest BCUT2D eigenvalue weighted by atomic mass is 35.5. The van der Waals surface area contributed by atoms with Crippen LogP contribution in [0.1, 0.15) is 36.0 Å². The third kappa shape index (κ3) is 2.66. The van der Waals surface area contributed by atoms with Crippen LogP contribution in [0, 0.1) is 0 Å². The van der Waals surface area contributed by atoms with Gasteiger partial charge in [-0.1, -0.05) is 41.7 Å². The van der Waals surface area contributed by atoms with E-state index in [1.807, 2.05) is 0 Å². The molecule has 0 spiro atoms. The maximum Gasteiger partial charge on any atom is 0.253 e. The van der Waals surface area contributed by atoms with Crippen molar-refractivity contribution in [2.75, 3.05) is 0 Å². The Hall–Kier alpha value is -1.75. The van der Waals surface area contributed by atoms with Crippen LogP contribution in [0.2, 0.25) is 5.02 Å². The molecule has 0 saturated heterocycles. The third-order valence-electron chi connectivity index (χ3n) is 3.53. The molecule has 5 nitrogen and oxygen atoms in total. The predicted octanol–water partition coefficient (Wildman–Crippen LogP) is 2.13. The molecule has 1 aliphatic carbocycles. The van der Waals surface area contributed by atoms with E-state index in [9.17, 15) is 4.79 Å². The van der Waals surface area contributed by atoms with Crippen molar-refractivity contribution in [2.24, 2.45) is 10.9 Å². The number of benzene rings is 1. The van der Waals surface area contributed by atoms with Gasteiger partial charge >= 0.3 is 0 Å². The summed E-state index contributed by atoms with van der Waals surface area (Å²) in [7, 11) is 0. The van der Waals surface area contributed by atoms with Crippen molar-refractivity contribution in [1.29, 1.82) is 0 Å². The van der Waals surface area contributed by atoms with Crippen LogP contribution in [0.3, 0.4) is 0 Å². The van der Waals surface area contributed by atoms with Gasteiger partial charge in [0.05, 0.1) is 10.6 Å². The molecule has 0 atom stereocenters. The van der Waals surface area contributed by atoms with Gasteiger partial charge in [0.25, 0.3) is 5.91 Å². The van der Waals surface area contributed by atoms with Crippen LogP contribution in [0.15, 0.2) is 29.4 Å². The molecular weight excluding hydrogens is 266 g/mol. The number of nitrogens with zero attached hydrogens (tertiary/aromatic N) is 1. The highest BCUT2D eigenvalue weighted by Crippen LogP contribution is 2.30. The molecule has 1 amide bonds. The maximum absolute atomic E-state index is 12.3. The number of carbonyl (C=O) groups excluding carboxylic acids is 1. The Balaban J connectivity index is 2.24. The summed E-state index contributed by atoms with van der Waals surface area (Å²) >= 11 is 5.99. The lowest BCUT2D eigenvalue weighted by Gasteiger charge is -2.28. The number of carbonyl (C=O) groups is 1. The molecule has 0 aliphatic heterocycles. The van der Waals surface area contributed by atoms with Gasteiger partial charge in [-0.15, -0.1) is 0 Å². The Labute approximate surface area is 116 Å². The fraction of sp³-hybridized carbons (Fsp3) is 0.385. The lowest BCUT2D eigenvalue weighted by molar-refractivity contribution is 0.0923. The quantitative estimate of drug-likeness (QED) is 0.343. The Morgan fingerprint density at radius 1 is 1.37 bits per heavy atom. The molecule has 6 heteroatoms. The number of halogens is 1. The van der Waals surface area contributed by atoms with Gasteiger partial charge in [0, 0.05) is 0 Å². The van der Waals surface area contributed by atoms with Gasteiger partial charge in [0.1, 0.15) is 5.54 Å². The van der Waals surface area contributed by atoms with E-state index in [1.165, 1.54) is 0 Å². The van der Waals surface area contributed by atoms with Gasteiger partial charge in [-0.2, -0.15) is 0 Å². The molecule has 0 aromatic heterocycles. The van der Waals surface area contributed by atoms with Gasteiger partial charge < -0.3 is 16.3 Å². The number of rotatable bonds is 3. The second kappa shape index (κ2) is 5.48. The van der Waals surface area contributed by atoms with Crippen molar-refractivity contribution in [1.82, 2.24) is 5.32 Å². The molecule has 1 saturated carbocycles. The van der Waals surface area contributed by atoms with Crippen LogP contribution in [-0.2, 0) is 0 Å². The van der Waals surface area contributed by atoms with Gasteiger partial charge in [-0.25, -0.2) is 0 Å². The van der Waals surface area contributed by atoms with Crippen LogP contribution < -0.4 is 11.1 Å². The minimum atomic E-state index is -0.759. The van der Waals surface area contributed by atoms with Crippen molar-refractivity contribution in [3.63, 3.8) is 0 Å². The summed E-state index contributed by atoms with van der Waals surface area (Å²) in [5.41, 5.74) is 5.36. The highest BCUT2D eigenvalue weighted by Gasteiger charge is 2.40. The molecule has 102 valence electrons. The van der Waals surface area contributed by atoms with Crippen LogP contribution in [0.25, 0.3) is 0 Å². The first-order valence-electron chi connectivity index (χ1n) is 6.14. The predicted molar refractivity (Wildman–Crippen MR) is 73.5 cm³/mol. The average Bonchev–Trinajstić information content (AvgIpc) is 2.88. The number of amides is 1. The van der Waals surface area contributed by atoms with Gasteiger partial charge in [0.15, 0.2) is 5.84 Å². The van der Waals surface area contributed by atoms with Gasteiger partial charge in [-0.05, 0) is 25.0 Å². The molecule has 4 N–H and O–H groups in total. The minimum Gasteiger partial charge on any atom is -0.409 e. The summed E-state index contributed by atoms with van der Waals surface area (Å²) in [5.74, 6) is -0.260. The van der Waals surface area contributed by atoms with Crippen molar-refractivity contribution in [2.45, 2.75) is 31.2 Å². The van der Waals surface area contributed by atoms with Gasteiger partial charge in [0.2, 0.25) is 0 Å². The monoisotopic (exact) mass is 281 g/mol. The molecule has 0 radical (unpaired) electrons. The number of amidine groups is 1. The molecule has 1 aliphatic rings. The van der Waals surface area contributed by atoms with Crippen LogP contribution in [-0.4, -0.2) is 22.5 Å². The summed E-state index contributed by atoms with van der Waals surface area (Å²) in [6.45, 7) is 0. The first kappa shape index (κ1) is 13.7. The lowest BCUT2D eigenvalue weighted by Crippen LogP contribution is -2.55. The first-order chi connectivity index (χ1) is 9.09. The van der Waals surface area contributed by atoms with E-state index in [-0.39, 0.29) is 11.7 Å². The Bertz CT molecular complexity index is 510. The fourth-order valence-corrected chi connectivity index (χ4v) is 2.67. The summed E-state index contributed by atoms with van der Waals surface area (Å²) in [6.07, 6.45) is 3.19. The zero-order valence-electron chi connectivity index (χ0n) is 10.4. The Morgan fingerprint density at radius 2 is 2.00 bits per heavy atom. The standard InChI is InChI=1S/C13H16ClN3O2/c14-10-6-2-1-5-9(10)11(18)16-13(12(15)17-19)7-3-4-8-13/h1-2,5-6,19H,3-4,7-8H2,(H2,15,17)(H,16,18). The summed E-state index contributed by atoms with van der Waals surface area (Å²) in [4.78, 5) is 12.3. The van der Waals surface area contributed by atoms with E-state index in [1.54, 1.807) is 24.3 Å². The SMILES string of the molecule is N/C(=N/O)C1(NC(=O)c2ccccc2Cl)CCCC1. The Morgan fingerprint density at radius 3 is 2.58 bits per heavy atom. The molecule has 1 aromatic carbocycles. The van der Waals surface area contributed by atoms with E-state index in [0.717, 1.165) is 12.8 Å². The zero-order chi connectivity index (χ0) is 13.9. The fourth-order valence-electron chi connectivity index (χ4n) is 2.45. The first-order valence-corrected chi connectivity index (χ1v) is 6.52. The van der Waals surface area contributed by atoms with Crippen LogP contribution in [0.5, 0.6) is 0 Å². The third-order valence-corrected chi connectivity index (χ3v) is 3.86. The number of hydrogen-bond donors (Lipinski definition) is 3. The summed E-state index contributed by atoms with van der Waals surface area (Å²) in [5, 5.41) is 15.2. The van der Waals surface area contributed by atoms with E-state index in [0.29, 0.717) is 23.4 Å². The van der Waals surface area contributed by atoms with E-state index in [2.05, 4.69) is 10.5 Å². The van der Waals surface area contributed by atoms with Crippen molar-refractivity contribution in [3.8, 4) is 0 Å². The summed E-state index contributed by atoms with van der Waals surface area (Å²) in [6, 6.07) is 6.80. The maximum atomic E-state index is 12.3. The largest absolute Gasteiger partial charge is 0.409 e. The molecule has 2 rings (SSSR count). The van der Waals surface area contributed by atoms with E-state index >= 15 is 0 Å². The summed E-state index contributed by atoms with van der Waals surface area (Å²) < 4.78 is 0. The molecule has 1 aromatic rings.